The molecule has 2 aromatic heterocycles. The summed E-state index contributed by atoms with van der Waals surface area (Å²) in [6, 6.07) is 74.6. The molecular weight excluding hydrogens is 693 g/mol. The minimum absolute atomic E-state index is 0.868. The molecule has 0 radical (unpaired) electrons. The molecule has 0 N–H and O–H groups in total. The van der Waals surface area contributed by atoms with E-state index in [4.69, 9.17) is 4.42 Å². The summed E-state index contributed by atoms with van der Waals surface area (Å²) in [5, 5.41) is 12.1. The number of hydrogen-bond donors (Lipinski definition) is 0. The van der Waals surface area contributed by atoms with Crippen LogP contribution in [0.3, 0.4) is 0 Å². The molecule has 266 valence electrons. The van der Waals surface area contributed by atoms with Gasteiger partial charge in [-0.3, -0.25) is 0 Å². The molecule has 0 unspecified atom stereocenters. The number of hydrogen-bond acceptors (Lipinski definition) is 2. The van der Waals surface area contributed by atoms with Crippen molar-refractivity contribution in [3.8, 4) is 16.8 Å². The van der Waals surface area contributed by atoms with Gasteiger partial charge in [-0.25, -0.2) is 0 Å². The molecular formula is C54H34N2O. The van der Waals surface area contributed by atoms with Gasteiger partial charge in [-0.2, -0.15) is 0 Å². The smallest absolute Gasteiger partial charge is 0.136 e. The van der Waals surface area contributed by atoms with Crippen LogP contribution in [0.2, 0.25) is 0 Å². The number of fused-ring (bicyclic) bond motifs is 11. The summed E-state index contributed by atoms with van der Waals surface area (Å²) in [6.07, 6.45) is 0. The Hall–Kier alpha value is -7.62. The first-order valence-electron chi connectivity index (χ1n) is 19.5. The Kier molecular flexibility index (Phi) is 6.93. The van der Waals surface area contributed by atoms with Crippen LogP contribution in [0.15, 0.2) is 211 Å². The third-order valence-electron chi connectivity index (χ3n) is 11.7. The standard InChI is InChI=1S/C54H34N2O/c1-3-12-35(13-4-1)38-25-30-46-49-34-41(27-31-52(49)57-53(46)32-38)55(40-26-22-37-24-28-43-42-17-8-7-14-36(42)23-29-44(43)48(37)33-40)51-21-11-19-47-45-18-9-10-20-50(45)56(54(47)51)39-15-5-2-6-16-39/h1-34H. The Morgan fingerprint density at radius 2 is 0.982 bits per heavy atom. The highest BCUT2D eigenvalue weighted by atomic mass is 16.3. The summed E-state index contributed by atoms with van der Waals surface area (Å²) < 4.78 is 8.99. The van der Waals surface area contributed by atoms with Crippen LogP contribution >= 0.6 is 0 Å². The van der Waals surface area contributed by atoms with Crippen molar-refractivity contribution in [2.75, 3.05) is 4.90 Å². The van der Waals surface area contributed by atoms with Crippen molar-refractivity contribution in [3.63, 3.8) is 0 Å². The average molecular weight is 727 g/mol. The van der Waals surface area contributed by atoms with E-state index in [1.807, 2.05) is 0 Å². The summed E-state index contributed by atoms with van der Waals surface area (Å²) in [7, 11) is 0. The molecule has 0 bridgehead atoms. The minimum Gasteiger partial charge on any atom is -0.456 e. The summed E-state index contributed by atoms with van der Waals surface area (Å²) in [5.41, 5.74) is 10.7. The molecule has 0 spiro atoms. The van der Waals surface area contributed by atoms with Gasteiger partial charge in [-0.05, 0) is 110 Å². The maximum Gasteiger partial charge on any atom is 0.136 e. The topological polar surface area (TPSA) is 21.3 Å². The fourth-order valence-corrected chi connectivity index (χ4v) is 9.11. The highest BCUT2D eigenvalue weighted by Gasteiger charge is 2.23. The van der Waals surface area contributed by atoms with E-state index in [1.54, 1.807) is 0 Å². The molecule has 0 amide bonds. The first-order chi connectivity index (χ1) is 28.3. The zero-order valence-electron chi connectivity index (χ0n) is 30.9. The Morgan fingerprint density at radius 1 is 0.351 bits per heavy atom. The molecule has 2 heterocycles. The van der Waals surface area contributed by atoms with Gasteiger partial charge in [0, 0.05) is 38.6 Å². The second kappa shape index (κ2) is 12.5. The van der Waals surface area contributed by atoms with Gasteiger partial charge >= 0.3 is 0 Å². The van der Waals surface area contributed by atoms with Gasteiger partial charge in [0.05, 0.1) is 16.7 Å². The van der Waals surface area contributed by atoms with Crippen molar-refractivity contribution in [1.29, 1.82) is 0 Å². The van der Waals surface area contributed by atoms with Crippen LogP contribution in [0.25, 0.3) is 92.9 Å². The fourth-order valence-electron chi connectivity index (χ4n) is 9.11. The van der Waals surface area contributed by atoms with E-state index in [2.05, 4.69) is 216 Å². The maximum absolute atomic E-state index is 6.57. The third kappa shape index (κ3) is 4.92. The lowest BCUT2D eigenvalue weighted by Gasteiger charge is -2.27. The Bertz CT molecular complexity index is 3520. The molecule has 3 nitrogen and oxygen atoms in total. The van der Waals surface area contributed by atoms with Gasteiger partial charge in [0.1, 0.15) is 11.2 Å². The van der Waals surface area contributed by atoms with Gasteiger partial charge in [0.25, 0.3) is 0 Å². The minimum atomic E-state index is 0.868. The van der Waals surface area contributed by atoms with Gasteiger partial charge in [0.2, 0.25) is 0 Å². The lowest BCUT2D eigenvalue weighted by Crippen LogP contribution is -2.11. The Morgan fingerprint density at radius 3 is 1.82 bits per heavy atom. The van der Waals surface area contributed by atoms with Gasteiger partial charge in [-0.15, -0.1) is 0 Å². The second-order valence-corrected chi connectivity index (χ2v) is 14.9. The first kappa shape index (κ1) is 31.7. The van der Waals surface area contributed by atoms with Crippen LogP contribution in [0.4, 0.5) is 17.1 Å². The van der Waals surface area contributed by atoms with E-state index in [1.165, 1.54) is 54.2 Å². The Balaban J connectivity index is 1.15. The molecule has 0 saturated carbocycles. The molecule has 12 aromatic rings. The monoisotopic (exact) mass is 726 g/mol. The fraction of sp³-hybridized carbons (Fsp3) is 0. The lowest BCUT2D eigenvalue weighted by atomic mass is 9.96. The molecule has 10 aromatic carbocycles. The highest BCUT2D eigenvalue weighted by molar-refractivity contribution is 6.19. The molecule has 0 aliphatic rings. The van der Waals surface area contributed by atoms with Crippen molar-refractivity contribution in [2.24, 2.45) is 0 Å². The van der Waals surface area contributed by atoms with E-state index in [-0.39, 0.29) is 0 Å². The lowest BCUT2D eigenvalue weighted by molar-refractivity contribution is 0.669. The van der Waals surface area contributed by atoms with Gasteiger partial charge < -0.3 is 13.9 Å². The number of anilines is 3. The van der Waals surface area contributed by atoms with Crippen molar-refractivity contribution in [3.05, 3.63) is 206 Å². The summed E-state index contributed by atoms with van der Waals surface area (Å²) >= 11 is 0. The summed E-state index contributed by atoms with van der Waals surface area (Å²) in [4.78, 5) is 2.44. The van der Waals surface area contributed by atoms with Gasteiger partial charge in [-0.1, -0.05) is 140 Å². The maximum atomic E-state index is 6.57. The average Bonchev–Trinajstić information content (AvgIpc) is 3.82. The highest BCUT2D eigenvalue weighted by Crippen LogP contribution is 2.46. The van der Waals surface area contributed by atoms with Crippen LogP contribution in [-0.4, -0.2) is 4.57 Å². The van der Waals surface area contributed by atoms with E-state index in [0.717, 1.165) is 55.8 Å². The van der Waals surface area contributed by atoms with E-state index in [9.17, 15) is 0 Å². The van der Waals surface area contributed by atoms with E-state index < -0.39 is 0 Å². The SMILES string of the molecule is c1ccc(-c2ccc3c(c2)oc2ccc(N(c4ccc5ccc6c7ccccc7ccc6c5c4)c4cccc5c6ccccc6n(-c6ccccc6)c45)cc23)cc1. The van der Waals surface area contributed by atoms with E-state index in [0.29, 0.717) is 0 Å². The predicted octanol–water partition coefficient (Wildman–Crippen LogP) is 15.3. The molecule has 0 fully saturated rings. The number of aromatic nitrogens is 1. The first-order valence-corrected chi connectivity index (χ1v) is 19.5. The van der Waals surface area contributed by atoms with Crippen molar-refractivity contribution < 1.29 is 4.42 Å². The van der Waals surface area contributed by atoms with E-state index >= 15 is 0 Å². The normalized spacial score (nSPS) is 11.9. The second-order valence-electron chi connectivity index (χ2n) is 14.9. The predicted molar refractivity (Wildman–Crippen MR) is 241 cm³/mol. The third-order valence-corrected chi connectivity index (χ3v) is 11.7. The summed E-state index contributed by atoms with van der Waals surface area (Å²) in [6.45, 7) is 0. The molecule has 0 saturated heterocycles. The van der Waals surface area contributed by atoms with Gasteiger partial charge in [0.15, 0.2) is 0 Å². The molecule has 12 rings (SSSR count). The molecule has 57 heavy (non-hydrogen) atoms. The van der Waals surface area contributed by atoms with Crippen LogP contribution in [0.5, 0.6) is 0 Å². The van der Waals surface area contributed by atoms with Crippen molar-refractivity contribution in [2.45, 2.75) is 0 Å². The molecule has 0 atom stereocenters. The van der Waals surface area contributed by atoms with Crippen LogP contribution in [0.1, 0.15) is 0 Å². The zero-order chi connectivity index (χ0) is 37.5. The van der Waals surface area contributed by atoms with Crippen molar-refractivity contribution in [1.82, 2.24) is 4.57 Å². The van der Waals surface area contributed by atoms with Crippen LogP contribution in [0, 0.1) is 0 Å². The van der Waals surface area contributed by atoms with Crippen LogP contribution < -0.4 is 4.90 Å². The number of furan rings is 1. The largest absolute Gasteiger partial charge is 0.456 e. The zero-order valence-corrected chi connectivity index (χ0v) is 30.9. The van der Waals surface area contributed by atoms with Crippen LogP contribution in [-0.2, 0) is 0 Å². The Labute approximate surface area is 328 Å². The van der Waals surface area contributed by atoms with Crippen molar-refractivity contribution >= 4 is 93.1 Å². The number of nitrogens with zero attached hydrogens (tertiary/aromatic N) is 2. The number of rotatable bonds is 5. The molecule has 0 aliphatic carbocycles. The number of para-hydroxylation sites is 3. The molecule has 3 heteroatoms. The quantitative estimate of drug-likeness (QED) is 0.165. The summed E-state index contributed by atoms with van der Waals surface area (Å²) in [5.74, 6) is 0. The number of benzene rings is 10. The molecule has 0 aliphatic heterocycles.